The Labute approximate surface area is 196 Å². The molecule has 0 radical (unpaired) electrons. The summed E-state index contributed by atoms with van der Waals surface area (Å²) < 4.78 is 29.1. The third-order valence-electron chi connectivity index (χ3n) is 5.20. The smallest absolute Gasteiger partial charge is 0.358 e. The number of para-hydroxylation sites is 1. The van der Waals surface area contributed by atoms with E-state index in [1.807, 2.05) is 36.4 Å². The summed E-state index contributed by atoms with van der Waals surface area (Å²) in [5.41, 5.74) is 1.76. The molecule has 0 unspecified atom stereocenters. The van der Waals surface area contributed by atoms with Gasteiger partial charge in [0.2, 0.25) is 0 Å². The van der Waals surface area contributed by atoms with E-state index in [0.29, 0.717) is 23.8 Å². The van der Waals surface area contributed by atoms with Gasteiger partial charge in [0.15, 0.2) is 27.3 Å². The van der Waals surface area contributed by atoms with Crippen molar-refractivity contribution in [2.24, 2.45) is 0 Å². The Balaban J connectivity index is 1.37. The second kappa shape index (κ2) is 10.1. The number of carbonyl (C=O) groups excluding carboxylic acids is 2. The molecule has 1 amide bonds. The van der Waals surface area contributed by atoms with Gasteiger partial charge in [0.1, 0.15) is 0 Å². The van der Waals surface area contributed by atoms with Gasteiger partial charge in [-0.3, -0.25) is 4.79 Å². The number of anilines is 2. The molecule has 4 rings (SSSR count). The molecule has 0 aliphatic carbocycles. The number of hydrogen-bond acceptors (Lipinski definition) is 8. The van der Waals surface area contributed by atoms with Crippen LogP contribution < -0.4 is 10.2 Å². The van der Waals surface area contributed by atoms with Gasteiger partial charge in [-0.25, -0.2) is 18.2 Å². The van der Waals surface area contributed by atoms with Crippen molar-refractivity contribution in [3.05, 3.63) is 77.3 Å². The zero-order chi connectivity index (χ0) is 23.3. The topological polar surface area (TPSA) is 106 Å². The molecule has 33 heavy (non-hydrogen) atoms. The Morgan fingerprint density at radius 2 is 1.79 bits per heavy atom. The van der Waals surface area contributed by atoms with Gasteiger partial charge in [-0.2, -0.15) is 0 Å². The highest BCUT2D eigenvalue weighted by molar-refractivity contribution is 7.91. The Morgan fingerprint density at radius 3 is 2.45 bits per heavy atom. The van der Waals surface area contributed by atoms with Crippen LogP contribution in [0.25, 0.3) is 0 Å². The molecule has 2 heterocycles. The summed E-state index contributed by atoms with van der Waals surface area (Å²) in [5, 5.41) is 5.29. The average Bonchev–Trinajstić information content (AvgIpc) is 3.44. The Bertz CT molecular complexity index is 1210. The number of esters is 1. The van der Waals surface area contributed by atoms with E-state index in [1.165, 1.54) is 16.2 Å². The van der Waals surface area contributed by atoms with E-state index in [2.05, 4.69) is 10.3 Å². The minimum atomic E-state index is -3.20. The summed E-state index contributed by atoms with van der Waals surface area (Å²) in [5.74, 6) is -1.26. The van der Waals surface area contributed by atoms with Crippen molar-refractivity contribution < 1.29 is 22.7 Å². The minimum absolute atomic E-state index is 0.0334. The predicted molar refractivity (Wildman–Crippen MR) is 127 cm³/mol. The molecule has 8 nitrogen and oxygen atoms in total. The van der Waals surface area contributed by atoms with E-state index in [-0.39, 0.29) is 17.2 Å². The van der Waals surface area contributed by atoms with Crippen LogP contribution in [0.5, 0.6) is 0 Å². The Hall–Kier alpha value is -3.24. The molecule has 0 bridgehead atoms. The van der Waals surface area contributed by atoms with Crippen LogP contribution in [0.4, 0.5) is 10.8 Å². The van der Waals surface area contributed by atoms with Crippen LogP contribution >= 0.6 is 11.3 Å². The minimum Gasteiger partial charge on any atom is -0.451 e. The third-order valence-corrected chi connectivity index (χ3v) is 7.75. The first-order chi connectivity index (χ1) is 15.9. The number of benzene rings is 2. The van der Waals surface area contributed by atoms with Crippen LogP contribution in [0.2, 0.25) is 0 Å². The molecule has 1 N–H and O–H groups in total. The lowest BCUT2D eigenvalue weighted by molar-refractivity contribution is -0.122. The van der Waals surface area contributed by atoms with E-state index in [9.17, 15) is 18.0 Å². The summed E-state index contributed by atoms with van der Waals surface area (Å²) in [7, 11) is -3.20. The number of nitrogens with one attached hydrogen (secondary N) is 1. The standard InChI is InChI=1S/C23H23N3O5S2/c27-21(26(18-9-5-2-6-10-18)19-11-12-33(29,30)16-19)14-31-22(28)20-15-32-23(25-20)24-13-17-7-3-1-4-8-17/h1-10,15,19H,11-14,16H2,(H,24,25)/t19-/m0/s1. The number of rotatable bonds is 8. The molecule has 1 aliphatic heterocycles. The third kappa shape index (κ3) is 5.96. The maximum atomic E-state index is 13.0. The number of carbonyl (C=O) groups is 2. The van der Waals surface area contributed by atoms with Crippen molar-refractivity contribution in [2.45, 2.75) is 19.0 Å². The van der Waals surface area contributed by atoms with Crippen molar-refractivity contribution in [2.75, 3.05) is 28.3 Å². The molecule has 3 aromatic rings. The SMILES string of the molecule is O=C(OCC(=O)N(c1ccccc1)[C@H]1CCS(=O)(=O)C1)c1csc(NCc2ccccc2)n1. The van der Waals surface area contributed by atoms with Crippen LogP contribution in [0.15, 0.2) is 66.0 Å². The van der Waals surface area contributed by atoms with Gasteiger partial charge in [0.05, 0.1) is 17.5 Å². The zero-order valence-corrected chi connectivity index (χ0v) is 19.3. The van der Waals surface area contributed by atoms with E-state index in [4.69, 9.17) is 4.74 Å². The van der Waals surface area contributed by atoms with E-state index in [0.717, 1.165) is 5.56 Å². The molecule has 2 aromatic carbocycles. The predicted octanol–water partition coefficient (Wildman–Crippen LogP) is 3.13. The first-order valence-corrected chi connectivity index (χ1v) is 13.1. The molecule has 1 fully saturated rings. The molecule has 1 atom stereocenters. The van der Waals surface area contributed by atoms with Gasteiger partial charge in [-0.05, 0) is 24.1 Å². The van der Waals surface area contributed by atoms with Gasteiger partial charge in [-0.1, -0.05) is 48.5 Å². The number of ether oxygens (including phenoxy) is 1. The van der Waals surface area contributed by atoms with Gasteiger partial charge in [0, 0.05) is 17.6 Å². The second-order valence-electron chi connectivity index (χ2n) is 7.61. The second-order valence-corrected chi connectivity index (χ2v) is 10.7. The molecular formula is C23H23N3O5S2. The number of nitrogens with zero attached hydrogens (tertiary/aromatic N) is 2. The van der Waals surface area contributed by atoms with Crippen LogP contribution in [-0.4, -0.2) is 49.4 Å². The monoisotopic (exact) mass is 485 g/mol. The molecule has 1 aromatic heterocycles. The highest BCUT2D eigenvalue weighted by Gasteiger charge is 2.35. The lowest BCUT2D eigenvalue weighted by Crippen LogP contribution is -2.43. The molecular weight excluding hydrogens is 462 g/mol. The van der Waals surface area contributed by atoms with E-state index < -0.39 is 34.4 Å². The van der Waals surface area contributed by atoms with Crippen LogP contribution in [0.1, 0.15) is 22.5 Å². The maximum Gasteiger partial charge on any atom is 0.358 e. The zero-order valence-electron chi connectivity index (χ0n) is 17.7. The molecule has 172 valence electrons. The number of amides is 1. The summed E-state index contributed by atoms with van der Waals surface area (Å²) in [6, 6.07) is 18.1. The quantitative estimate of drug-likeness (QED) is 0.489. The fraction of sp³-hybridized carbons (Fsp3) is 0.261. The fourth-order valence-electron chi connectivity index (χ4n) is 3.62. The van der Waals surface area contributed by atoms with Crippen LogP contribution in [0, 0.1) is 0 Å². The largest absolute Gasteiger partial charge is 0.451 e. The fourth-order valence-corrected chi connectivity index (χ4v) is 6.00. The highest BCUT2D eigenvalue weighted by atomic mass is 32.2. The van der Waals surface area contributed by atoms with Crippen molar-refractivity contribution in [3.63, 3.8) is 0 Å². The van der Waals surface area contributed by atoms with Crippen LogP contribution in [0.3, 0.4) is 0 Å². The number of hydrogen-bond donors (Lipinski definition) is 1. The summed E-state index contributed by atoms with van der Waals surface area (Å²) in [4.78, 5) is 31.1. The Morgan fingerprint density at radius 1 is 1.09 bits per heavy atom. The van der Waals surface area contributed by atoms with Gasteiger partial charge < -0.3 is 15.0 Å². The van der Waals surface area contributed by atoms with Crippen molar-refractivity contribution in [1.82, 2.24) is 4.98 Å². The lowest BCUT2D eigenvalue weighted by Gasteiger charge is -2.28. The molecule has 0 saturated carbocycles. The van der Waals surface area contributed by atoms with Crippen LogP contribution in [-0.2, 0) is 25.9 Å². The highest BCUT2D eigenvalue weighted by Crippen LogP contribution is 2.25. The first kappa shape index (κ1) is 22.9. The van der Waals surface area contributed by atoms with Gasteiger partial charge in [0.25, 0.3) is 5.91 Å². The lowest BCUT2D eigenvalue weighted by atomic mass is 10.2. The number of sulfone groups is 1. The maximum absolute atomic E-state index is 13.0. The Kier molecular flexibility index (Phi) is 7.05. The van der Waals surface area contributed by atoms with Gasteiger partial charge >= 0.3 is 5.97 Å². The molecule has 10 heteroatoms. The van der Waals surface area contributed by atoms with E-state index >= 15 is 0 Å². The van der Waals surface area contributed by atoms with Crippen molar-refractivity contribution >= 4 is 43.9 Å². The number of aromatic nitrogens is 1. The summed E-state index contributed by atoms with van der Waals surface area (Å²) in [6.07, 6.45) is 0.347. The molecule has 1 saturated heterocycles. The van der Waals surface area contributed by atoms with Gasteiger partial charge in [-0.15, -0.1) is 11.3 Å². The first-order valence-electron chi connectivity index (χ1n) is 10.4. The van der Waals surface area contributed by atoms with E-state index in [1.54, 1.807) is 29.6 Å². The van der Waals surface area contributed by atoms with Crippen molar-refractivity contribution in [3.8, 4) is 0 Å². The normalized spacial score (nSPS) is 16.8. The molecule has 1 aliphatic rings. The summed E-state index contributed by atoms with van der Waals surface area (Å²) in [6.45, 7) is 0.0617. The average molecular weight is 486 g/mol. The number of thiazole rings is 1. The molecule has 0 spiro atoms. The summed E-state index contributed by atoms with van der Waals surface area (Å²) >= 11 is 1.27. The van der Waals surface area contributed by atoms with Crippen molar-refractivity contribution in [1.29, 1.82) is 0 Å².